The fourth-order valence-corrected chi connectivity index (χ4v) is 1.82. The van der Waals surface area contributed by atoms with Gasteiger partial charge >= 0.3 is 0 Å². The van der Waals surface area contributed by atoms with Crippen molar-refractivity contribution in [1.82, 2.24) is 14.7 Å². The highest BCUT2D eigenvalue weighted by molar-refractivity contribution is 5.78. The zero-order valence-corrected chi connectivity index (χ0v) is 11.9. The molecular weight excluding hydrogens is 238 g/mol. The van der Waals surface area contributed by atoms with E-state index in [0.717, 1.165) is 11.3 Å². The molecule has 0 aliphatic rings. The molecule has 0 aliphatic heterocycles. The Morgan fingerprint density at radius 2 is 2.11 bits per heavy atom. The van der Waals surface area contributed by atoms with Crippen LogP contribution in [0.3, 0.4) is 0 Å². The lowest BCUT2D eigenvalue weighted by Gasteiger charge is -2.20. The van der Waals surface area contributed by atoms with Gasteiger partial charge in [0.2, 0.25) is 0 Å². The van der Waals surface area contributed by atoms with Crippen molar-refractivity contribution in [3.8, 4) is 0 Å². The normalized spacial score (nSPS) is 12.9. The van der Waals surface area contributed by atoms with E-state index in [1.807, 2.05) is 49.7 Å². The molecule has 5 heteroatoms. The second-order valence-electron chi connectivity index (χ2n) is 5.78. The second kappa shape index (κ2) is 4.91. The van der Waals surface area contributed by atoms with E-state index >= 15 is 0 Å². The molecule has 2 rings (SSSR count). The molecule has 0 bridgehead atoms. The molecule has 0 fully saturated rings. The minimum Gasteiger partial charge on any atom is -0.370 e. The van der Waals surface area contributed by atoms with Gasteiger partial charge in [-0.1, -0.05) is 6.07 Å². The molecule has 0 saturated heterocycles. The molecule has 0 radical (unpaired) electrons. The van der Waals surface area contributed by atoms with Gasteiger partial charge in [0.25, 0.3) is 0 Å². The number of aliphatic imine (C=N–C) groups is 1. The van der Waals surface area contributed by atoms with Crippen molar-refractivity contribution < 1.29 is 0 Å². The second-order valence-corrected chi connectivity index (χ2v) is 5.78. The molecule has 2 heterocycles. The minimum absolute atomic E-state index is 0.0798. The van der Waals surface area contributed by atoms with Crippen molar-refractivity contribution in [2.24, 2.45) is 10.7 Å². The summed E-state index contributed by atoms with van der Waals surface area (Å²) in [5, 5.41) is 3.13. The Morgan fingerprint density at radius 3 is 2.79 bits per heavy atom. The zero-order valence-electron chi connectivity index (χ0n) is 11.9. The van der Waals surface area contributed by atoms with E-state index in [2.05, 4.69) is 22.2 Å². The van der Waals surface area contributed by atoms with E-state index < -0.39 is 0 Å². The number of aromatic nitrogens is 2. The topological polar surface area (TPSA) is 67.7 Å². The standard InChI is InChI=1S/C14H21N5/c1-10-5-6-12-17-11(9-19(12)8-10)7-16-13(15)18-14(2,3)4/h5-6,8-9H,7H2,1-4H3,(H3,15,16,18). The van der Waals surface area contributed by atoms with Gasteiger partial charge in [-0.3, -0.25) is 0 Å². The molecule has 0 atom stereocenters. The Hall–Kier alpha value is -2.04. The minimum atomic E-state index is -0.0798. The van der Waals surface area contributed by atoms with E-state index in [-0.39, 0.29) is 5.54 Å². The number of nitrogens with one attached hydrogen (secondary N) is 1. The van der Waals surface area contributed by atoms with Crippen LogP contribution in [0.1, 0.15) is 32.0 Å². The van der Waals surface area contributed by atoms with Crippen LogP contribution in [-0.4, -0.2) is 20.9 Å². The van der Waals surface area contributed by atoms with E-state index in [0.29, 0.717) is 12.5 Å². The van der Waals surface area contributed by atoms with Gasteiger partial charge in [-0.05, 0) is 39.3 Å². The monoisotopic (exact) mass is 259 g/mol. The van der Waals surface area contributed by atoms with Gasteiger partial charge in [0.05, 0.1) is 12.2 Å². The first-order valence-electron chi connectivity index (χ1n) is 6.36. The number of aryl methyl sites for hydroxylation is 1. The molecule has 0 saturated carbocycles. The van der Waals surface area contributed by atoms with Crippen LogP contribution in [-0.2, 0) is 6.54 Å². The summed E-state index contributed by atoms with van der Waals surface area (Å²) >= 11 is 0. The number of guanidine groups is 1. The third-order valence-corrected chi connectivity index (χ3v) is 2.56. The molecular formula is C14H21N5. The van der Waals surface area contributed by atoms with Crippen molar-refractivity contribution in [2.45, 2.75) is 39.8 Å². The van der Waals surface area contributed by atoms with Crippen LogP contribution >= 0.6 is 0 Å². The van der Waals surface area contributed by atoms with Gasteiger partial charge in [-0.15, -0.1) is 0 Å². The Bertz CT molecular complexity index is 604. The quantitative estimate of drug-likeness (QED) is 0.639. The molecule has 0 aromatic carbocycles. The fourth-order valence-electron chi connectivity index (χ4n) is 1.82. The predicted octanol–water partition coefficient (Wildman–Crippen LogP) is 1.85. The van der Waals surface area contributed by atoms with Crippen LogP contribution in [0.5, 0.6) is 0 Å². The first-order valence-corrected chi connectivity index (χ1v) is 6.36. The first kappa shape index (κ1) is 13.4. The molecule has 0 aliphatic carbocycles. The van der Waals surface area contributed by atoms with Crippen LogP contribution < -0.4 is 11.1 Å². The Labute approximate surface area is 113 Å². The lowest BCUT2D eigenvalue weighted by atomic mass is 10.1. The van der Waals surface area contributed by atoms with Crippen molar-refractivity contribution in [3.05, 3.63) is 35.8 Å². The average Bonchev–Trinajstić information content (AvgIpc) is 2.66. The van der Waals surface area contributed by atoms with Gasteiger partial charge < -0.3 is 15.5 Å². The Balaban J connectivity index is 2.11. The van der Waals surface area contributed by atoms with E-state index in [4.69, 9.17) is 5.73 Å². The molecule has 0 amide bonds. The number of pyridine rings is 1. The third-order valence-electron chi connectivity index (χ3n) is 2.56. The number of fused-ring (bicyclic) bond motifs is 1. The highest BCUT2D eigenvalue weighted by atomic mass is 15.1. The largest absolute Gasteiger partial charge is 0.370 e. The summed E-state index contributed by atoms with van der Waals surface area (Å²) in [6.07, 6.45) is 4.03. The lowest BCUT2D eigenvalue weighted by molar-refractivity contribution is 0.508. The summed E-state index contributed by atoms with van der Waals surface area (Å²) < 4.78 is 2.01. The number of rotatable bonds is 2. The van der Waals surface area contributed by atoms with Crippen molar-refractivity contribution in [3.63, 3.8) is 0 Å². The summed E-state index contributed by atoms with van der Waals surface area (Å²) in [5.41, 5.74) is 8.79. The molecule has 5 nitrogen and oxygen atoms in total. The van der Waals surface area contributed by atoms with Crippen LogP contribution in [0.25, 0.3) is 5.65 Å². The Morgan fingerprint density at radius 1 is 1.37 bits per heavy atom. The summed E-state index contributed by atoms with van der Waals surface area (Å²) in [6, 6.07) is 4.05. The lowest BCUT2D eigenvalue weighted by Crippen LogP contribution is -2.44. The van der Waals surface area contributed by atoms with Gasteiger partial charge in [0, 0.05) is 17.9 Å². The SMILES string of the molecule is Cc1ccc2nc(CN=C(N)NC(C)(C)C)cn2c1. The van der Waals surface area contributed by atoms with Gasteiger partial charge in [0.15, 0.2) is 5.96 Å². The van der Waals surface area contributed by atoms with Crippen molar-refractivity contribution >= 4 is 11.6 Å². The molecule has 2 aromatic heterocycles. The zero-order chi connectivity index (χ0) is 14.0. The molecule has 3 N–H and O–H groups in total. The van der Waals surface area contributed by atoms with Crippen LogP contribution in [0.2, 0.25) is 0 Å². The Kier molecular flexibility index (Phi) is 3.46. The smallest absolute Gasteiger partial charge is 0.189 e. The highest BCUT2D eigenvalue weighted by Gasteiger charge is 2.09. The molecule has 19 heavy (non-hydrogen) atoms. The van der Waals surface area contributed by atoms with Crippen molar-refractivity contribution in [2.75, 3.05) is 0 Å². The average molecular weight is 259 g/mol. The predicted molar refractivity (Wildman–Crippen MR) is 78.1 cm³/mol. The number of nitrogens with two attached hydrogens (primary N) is 1. The summed E-state index contributed by atoms with van der Waals surface area (Å²) in [5.74, 6) is 0.445. The molecule has 102 valence electrons. The van der Waals surface area contributed by atoms with E-state index in [9.17, 15) is 0 Å². The number of hydrogen-bond donors (Lipinski definition) is 2. The first-order chi connectivity index (χ1) is 8.83. The van der Waals surface area contributed by atoms with Crippen LogP contribution in [0, 0.1) is 6.92 Å². The fraction of sp³-hybridized carbons (Fsp3) is 0.429. The maximum atomic E-state index is 5.83. The molecule has 0 unspecified atom stereocenters. The van der Waals surface area contributed by atoms with E-state index in [1.54, 1.807) is 0 Å². The third kappa shape index (κ3) is 3.71. The van der Waals surface area contributed by atoms with Crippen LogP contribution in [0.15, 0.2) is 29.5 Å². The maximum Gasteiger partial charge on any atom is 0.189 e. The maximum absolute atomic E-state index is 5.83. The van der Waals surface area contributed by atoms with Gasteiger partial charge in [-0.2, -0.15) is 0 Å². The summed E-state index contributed by atoms with van der Waals surface area (Å²) in [7, 11) is 0. The number of hydrogen-bond acceptors (Lipinski definition) is 2. The van der Waals surface area contributed by atoms with Gasteiger partial charge in [-0.25, -0.2) is 9.98 Å². The molecule has 0 spiro atoms. The molecule has 2 aromatic rings. The van der Waals surface area contributed by atoms with Crippen molar-refractivity contribution in [1.29, 1.82) is 0 Å². The number of imidazole rings is 1. The van der Waals surface area contributed by atoms with E-state index in [1.165, 1.54) is 5.56 Å². The van der Waals surface area contributed by atoms with Crippen LogP contribution in [0.4, 0.5) is 0 Å². The highest BCUT2D eigenvalue weighted by Crippen LogP contribution is 2.08. The summed E-state index contributed by atoms with van der Waals surface area (Å²) in [6.45, 7) is 8.67. The van der Waals surface area contributed by atoms with Gasteiger partial charge in [0.1, 0.15) is 5.65 Å². The number of nitrogens with zero attached hydrogens (tertiary/aromatic N) is 3. The summed E-state index contributed by atoms with van der Waals surface area (Å²) in [4.78, 5) is 8.80.